The second kappa shape index (κ2) is 14.6. The lowest BCUT2D eigenvalue weighted by Crippen LogP contribution is -2.57. The number of phenols is 2. The van der Waals surface area contributed by atoms with E-state index in [2.05, 4.69) is 19.9 Å². The van der Waals surface area contributed by atoms with Crippen LogP contribution in [0.25, 0.3) is 0 Å². The van der Waals surface area contributed by atoms with Crippen LogP contribution in [0, 0.1) is 5.92 Å². The van der Waals surface area contributed by atoms with Gasteiger partial charge in [0.1, 0.15) is 5.69 Å². The zero-order valence-electron chi connectivity index (χ0n) is 25.1. The van der Waals surface area contributed by atoms with Gasteiger partial charge in [-0.15, -0.1) is 34.9 Å². The highest BCUT2D eigenvalue weighted by molar-refractivity contribution is 8.20. The number of oxime groups is 2. The number of rotatable bonds is 15. The first kappa shape index (κ1) is 36.8. The third-order valence-corrected chi connectivity index (χ3v) is 11.7. The summed E-state index contributed by atoms with van der Waals surface area (Å²) in [6.45, 7) is 2.36. The van der Waals surface area contributed by atoms with Crippen molar-refractivity contribution in [1.82, 2.24) is 9.88 Å². The highest BCUT2D eigenvalue weighted by Crippen LogP contribution is 2.56. The number of β-lactam (4-membered cyclic amide) rings is 1. The molecule has 1 aromatic heterocycles. The number of carboxylic acid groups (broad SMARTS) is 1. The molecule has 3 heterocycles. The van der Waals surface area contributed by atoms with Gasteiger partial charge in [0.2, 0.25) is 11.5 Å². The number of halogens is 1. The van der Waals surface area contributed by atoms with Crippen molar-refractivity contribution in [3.05, 3.63) is 33.8 Å². The number of anilines is 1. The summed E-state index contributed by atoms with van der Waals surface area (Å²) in [5.41, 5.74) is 3.08. The number of benzene rings is 1. The van der Waals surface area contributed by atoms with Gasteiger partial charge in [0.05, 0.1) is 22.9 Å². The number of carbonyl (C=O) groups is 5. The number of amides is 1. The number of aliphatic carboxylic acids is 1. The lowest BCUT2D eigenvalue weighted by Gasteiger charge is -2.41. The van der Waals surface area contributed by atoms with Crippen LogP contribution in [-0.4, -0.2) is 107 Å². The van der Waals surface area contributed by atoms with Gasteiger partial charge in [-0.05, 0) is 38.2 Å². The highest BCUT2D eigenvalue weighted by Gasteiger charge is 2.62. The first-order chi connectivity index (χ1) is 22.6. The highest BCUT2D eigenvalue weighted by atomic mass is 35.5. The first-order valence-corrected chi connectivity index (χ1v) is 16.9. The molecule has 0 aliphatic carbocycles. The molecule has 3 atom stereocenters. The number of aromatic nitrogens is 1. The quantitative estimate of drug-likeness (QED) is 0.0334. The number of Topliss-reactive ketones (excluding diaryl/α,β-unsaturated/α-hetero) is 2. The summed E-state index contributed by atoms with van der Waals surface area (Å²) in [6.07, 6.45) is -0.379. The molecule has 6 N–H and O–H groups in total. The van der Waals surface area contributed by atoms with Crippen LogP contribution < -0.4 is 5.73 Å². The maximum atomic E-state index is 13.4. The Hall–Kier alpha value is -4.01. The van der Waals surface area contributed by atoms with E-state index < -0.39 is 67.6 Å². The number of nitrogen functional groups attached to an aromatic ring is 1. The molecule has 2 aromatic rings. The van der Waals surface area contributed by atoms with Crippen LogP contribution >= 0.6 is 46.5 Å². The second-order valence-corrected chi connectivity index (χ2v) is 15.2. The second-order valence-electron chi connectivity index (χ2n) is 10.9. The number of carbonyl (C=O) groups excluding carboxylic acids is 4. The fourth-order valence-electron chi connectivity index (χ4n) is 4.61. The summed E-state index contributed by atoms with van der Waals surface area (Å²) in [5.74, 6) is -5.85. The van der Waals surface area contributed by atoms with Gasteiger partial charge in [-0.2, -0.15) is 0 Å². The van der Waals surface area contributed by atoms with Crippen LogP contribution in [0.15, 0.2) is 27.8 Å². The molecule has 2 aliphatic heterocycles. The van der Waals surface area contributed by atoms with Crippen LogP contribution in [-0.2, 0) is 33.5 Å². The average Bonchev–Trinajstić information content (AvgIpc) is 3.64. The predicted molar refractivity (Wildman–Crippen MR) is 176 cm³/mol. The summed E-state index contributed by atoms with van der Waals surface area (Å²) in [7, 11) is 5.24. The van der Waals surface area contributed by atoms with Crippen molar-refractivity contribution in [2.45, 2.75) is 48.2 Å². The van der Waals surface area contributed by atoms with Crippen LogP contribution in [0.5, 0.6) is 11.5 Å². The van der Waals surface area contributed by atoms with E-state index >= 15 is 0 Å². The number of phenolic OH excluding ortho intramolecular Hbond substituents is 2. The molecule has 16 nitrogen and oxygen atoms in total. The Kier molecular flexibility index (Phi) is 11.2. The Morgan fingerprint density at radius 1 is 1.25 bits per heavy atom. The summed E-state index contributed by atoms with van der Waals surface area (Å²) in [6, 6.07) is 2.28. The van der Waals surface area contributed by atoms with Crippen molar-refractivity contribution in [1.29, 1.82) is 0 Å². The monoisotopic (exact) mass is 739 g/mol. The molecule has 2 fully saturated rings. The normalized spacial score (nSPS) is 21.0. The molecule has 1 aromatic carbocycles. The number of thiazole rings is 1. The smallest absolute Gasteiger partial charge is 0.378 e. The number of nitrogens with zero attached hydrogens (tertiary/aromatic N) is 4. The topological polar surface area (TPSA) is 252 Å². The minimum Gasteiger partial charge on any atom is -0.542 e. The van der Waals surface area contributed by atoms with Crippen molar-refractivity contribution < 1.29 is 54.0 Å². The third kappa shape index (κ3) is 7.35. The Labute approximate surface area is 291 Å². The zero-order valence-corrected chi connectivity index (χ0v) is 28.3. The number of ketones is 2. The van der Waals surface area contributed by atoms with E-state index in [1.165, 1.54) is 30.2 Å². The summed E-state index contributed by atoms with van der Waals surface area (Å²) in [5, 5.41) is 45.6. The standard InChI is InChI=1S/C27H27BClN5O11S3/c1-26(2,23(40)41)45-33-19(13-9-46-25(30)31-13)16(37)8-12-21(39)34-10-27(24(42)44-28,48-22(12)34)47-7-3-4-14(35)18(32-43)11-5-6-15(36)20(38)17(11)29/h5-6,9,12,22,36,38,43H,3-4,7-8,10H2,1-2H3,(H2,30,31)(H,40,41)/b32-18-,33-19-/t12?,22-,27-/m1/s1. The summed E-state index contributed by atoms with van der Waals surface area (Å²) >= 11 is 9.14. The molecular formula is C27H27BClN5O11S3. The van der Waals surface area contributed by atoms with E-state index in [0.717, 1.165) is 40.9 Å². The Balaban J connectivity index is 1.43. The maximum Gasteiger partial charge on any atom is 0.378 e. The molecule has 2 aliphatic rings. The number of nitrogens with two attached hydrogens (primary N) is 1. The van der Waals surface area contributed by atoms with Crippen molar-refractivity contribution in [3.8, 4) is 11.5 Å². The van der Waals surface area contributed by atoms with Crippen molar-refractivity contribution in [2.75, 3.05) is 18.0 Å². The molecule has 0 spiro atoms. The van der Waals surface area contributed by atoms with E-state index in [-0.39, 0.29) is 58.7 Å². The van der Waals surface area contributed by atoms with Crippen LogP contribution in [0.2, 0.25) is 5.02 Å². The van der Waals surface area contributed by atoms with Gasteiger partial charge in [-0.3, -0.25) is 19.2 Å². The zero-order chi connectivity index (χ0) is 35.6. The molecule has 48 heavy (non-hydrogen) atoms. The van der Waals surface area contributed by atoms with Crippen LogP contribution in [0.1, 0.15) is 44.4 Å². The predicted octanol–water partition coefficient (Wildman–Crippen LogP) is 2.15. The maximum absolute atomic E-state index is 13.4. The van der Waals surface area contributed by atoms with Gasteiger partial charge in [-0.1, -0.05) is 21.9 Å². The Bertz CT molecular complexity index is 1720. The fraction of sp³-hybridized carbons (Fsp3) is 0.407. The van der Waals surface area contributed by atoms with Crippen molar-refractivity contribution >= 4 is 100 Å². The molecule has 2 saturated heterocycles. The first-order valence-electron chi connectivity index (χ1n) is 13.8. The van der Waals surface area contributed by atoms with E-state index in [1.54, 1.807) is 0 Å². The molecule has 4 rings (SSSR count). The number of hydrogen-bond donors (Lipinski definition) is 5. The summed E-state index contributed by atoms with van der Waals surface area (Å²) < 4.78 is 3.16. The number of fused-ring (bicyclic) bond motifs is 1. The SMILES string of the molecule is [B]OC(=O)[C@@]1(SCCCC(=O)/C(=N\O)c2ccc(O)c(O)c2Cl)CN2C(=O)C(CC(=O)/C(=N\OC(C)(C)C(=O)O)c3csc(N)n3)[C@H]2S1. The van der Waals surface area contributed by atoms with E-state index in [9.17, 15) is 44.5 Å². The molecule has 1 unspecified atom stereocenters. The Morgan fingerprint density at radius 2 is 1.96 bits per heavy atom. The molecule has 254 valence electrons. The molecule has 1 amide bonds. The van der Waals surface area contributed by atoms with E-state index in [0.29, 0.717) is 0 Å². The van der Waals surface area contributed by atoms with Crippen LogP contribution in [0.4, 0.5) is 5.13 Å². The van der Waals surface area contributed by atoms with E-state index in [4.69, 9.17) is 30.2 Å². The van der Waals surface area contributed by atoms with Crippen LogP contribution in [0.3, 0.4) is 0 Å². The number of carboxylic acids is 1. The minimum absolute atomic E-state index is 0.0384. The number of thioether (sulfide) groups is 2. The van der Waals surface area contributed by atoms with Gasteiger partial charge in [0.25, 0.3) is 0 Å². The van der Waals surface area contributed by atoms with Crippen molar-refractivity contribution in [3.63, 3.8) is 0 Å². The number of aromatic hydroxyl groups is 2. The third-order valence-electron chi connectivity index (χ3n) is 7.27. The largest absolute Gasteiger partial charge is 0.542 e. The van der Waals surface area contributed by atoms with Crippen molar-refractivity contribution in [2.24, 2.45) is 16.2 Å². The van der Waals surface area contributed by atoms with Gasteiger partial charge < -0.3 is 40.7 Å². The molecule has 0 saturated carbocycles. The lowest BCUT2D eigenvalue weighted by atomic mass is 9.90. The minimum atomic E-state index is -1.78. The number of hydrogen-bond acceptors (Lipinski definition) is 17. The molecular weight excluding hydrogens is 713 g/mol. The van der Waals surface area contributed by atoms with Gasteiger partial charge in [-0.25, -0.2) is 9.78 Å². The summed E-state index contributed by atoms with van der Waals surface area (Å²) in [4.78, 5) is 74.3. The van der Waals surface area contributed by atoms with Gasteiger partial charge in [0.15, 0.2) is 43.7 Å². The fourth-order valence-corrected chi connectivity index (χ4v) is 8.67. The Morgan fingerprint density at radius 3 is 2.56 bits per heavy atom. The van der Waals surface area contributed by atoms with Gasteiger partial charge >= 0.3 is 20.0 Å². The van der Waals surface area contributed by atoms with Gasteiger partial charge in [0, 0.05) is 23.8 Å². The van der Waals surface area contributed by atoms with E-state index in [1.807, 2.05) is 0 Å². The molecule has 0 bridgehead atoms. The molecule has 2 radical (unpaired) electrons. The lowest BCUT2D eigenvalue weighted by molar-refractivity contribution is -0.161. The average molecular weight is 740 g/mol. The molecule has 21 heteroatoms.